The first-order valence-corrected chi connectivity index (χ1v) is 4.87. The van der Waals surface area contributed by atoms with Crippen molar-refractivity contribution in [3.8, 4) is 0 Å². The van der Waals surface area contributed by atoms with E-state index in [-0.39, 0.29) is 0 Å². The van der Waals surface area contributed by atoms with Crippen molar-refractivity contribution in [2.75, 3.05) is 19.0 Å². The van der Waals surface area contributed by atoms with Crippen LogP contribution in [0.2, 0.25) is 0 Å². The molecule has 1 aliphatic rings. The maximum atomic E-state index is 5.30. The predicted molar refractivity (Wildman–Crippen MR) is 45.1 cm³/mol. The number of nitrogens with one attached hydrogen (secondary N) is 1. The van der Waals surface area contributed by atoms with Gasteiger partial charge in [-0.1, -0.05) is 11.9 Å². The van der Waals surface area contributed by atoms with Crippen molar-refractivity contribution in [1.29, 1.82) is 0 Å². The molecule has 0 aromatic carbocycles. The maximum absolute atomic E-state index is 5.30. The van der Waals surface area contributed by atoms with Gasteiger partial charge in [0.1, 0.15) is 0 Å². The second kappa shape index (κ2) is 4.99. The third kappa shape index (κ3) is 2.90. The molecule has 0 aromatic rings. The van der Waals surface area contributed by atoms with E-state index in [0.29, 0.717) is 6.04 Å². The van der Waals surface area contributed by atoms with E-state index < -0.39 is 0 Å². The molecule has 3 heteroatoms. The van der Waals surface area contributed by atoms with Crippen LogP contribution in [0.25, 0.3) is 0 Å². The van der Waals surface area contributed by atoms with Crippen molar-refractivity contribution in [1.82, 2.24) is 4.72 Å². The second-order valence-corrected chi connectivity index (χ2v) is 3.40. The average molecular weight is 161 g/mol. The van der Waals surface area contributed by atoms with Gasteiger partial charge in [-0.2, -0.15) is 0 Å². The summed E-state index contributed by atoms with van der Waals surface area (Å²) in [6.07, 6.45) is 2.60. The van der Waals surface area contributed by atoms with Crippen molar-refractivity contribution in [2.24, 2.45) is 0 Å². The molecular weight excluding hydrogens is 146 g/mol. The zero-order valence-corrected chi connectivity index (χ0v) is 7.25. The Morgan fingerprint density at radius 2 is 2.60 bits per heavy atom. The normalized spacial score (nSPS) is 26.7. The third-order valence-corrected chi connectivity index (χ3v) is 2.56. The van der Waals surface area contributed by atoms with E-state index in [1.807, 2.05) is 18.9 Å². The standard InChI is InChI=1S/C7H15NOS/c1-2-9-6-7-4-3-5-10-8-7/h7-8H,2-6H2,1H3. The van der Waals surface area contributed by atoms with Crippen LogP contribution in [0.3, 0.4) is 0 Å². The van der Waals surface area contributed by atoms with E-state index in [2.05, 4.69) is 4.72 Å². The molecular formula is C7H15NOS. The molecule has 0 radical (unpaired) electrons. The lowest BCUT2D eigenvalue weighted by Gasteiger charge is -2.21. The van der Waals surface area contributed by atoms with E-state index >= 15 is 0 Å². The van der Waals surface area contributed by atoms with Gasteiger partial charge in [0.15, 0.2) is 0 Å². The Kier molecular flexibility index (Phi) is 4.18. The van der Waals surface area contributed by atoms with Crippen molar-refractivity contribution in [3.05, 3.63) is 0 Å². The lowest BCUT2D eigenvalue weighted by molar-refractivity contribution is 0.126. The first-order valence-electron chi connectivity index (χ1n) is 3.88. The van der Waals surface area contributed by atoms with Crippen LogP contribution in [0.5, 0.6) is 0 Å². The van der Waals surface area contributed by atoms with Gasteiger partial charge in [-0.05, 0) is 19.8 Å². The van der Waals surface area contributed by atoms with Crippen molar-refractivity contribution < 1.29 is 4.74 Å². The Balaban J connectivity index is 2.02. The lowest BCUT2D eigenvalue weighted by atomic mass is 10.2. The minimum Gasteiger partial charge on any atom is -0.380 e. The fourth-order valence-electron chi connectivity index (χ4n) is 1.02. The molecule has 0 bridgehead atoms. The number of ether oxygens (including phenoxy) is 1. The highest BCUT2D eigenvalue weighted by Crippen LogP contribution is 2.12. The lowest BCUT2D eigenvalue weighted by Crippen LogP contribution is -2.32. The summed E-state index contributed by atoms with van der Waals surface area (Å²) in [5.41, 5.74) is 0. The van der Waals surface area contributed by atoms with Crippen molar-refractivity contribution >= 4 is 11.9 Å². The van der Waals surface area contributed by atoms with Crippen LogP contribution in [0.1, 0.15) is 19.8 Å². The Morgan fingerprint density at radius 1 is 1.70 bits per heavy atom. The molecule has 1 rings (SSSR count). The fourth-order valence-corrected chi connectivity index (χ4v) is 1.87. The average Bonchev–Trinajstić information content (AvgIpc) is 2.03. The maximum Gasteiger partial charge on any atom is 0.0628 e. The Morgan fingerprint density at radius 3 is 3.20 bits per heavy atom. The molecule has 0 aliphatic carbocycles. The van der Waals surface area contributed by atoms with Gasteiger partial charge in [-0.15, -0.1) is 0 Å². The van der Waals surface area contributed by atoms with Crippen LogP contribution in [0.4, 0.5) is 0 Å². The molecule has 1 N–H and O–H groups in total. The van der Waals surface area contributed by atoms with Crippen LogP contribution in [-0.2, 0) is 4.74 Å². The summed E-state index contributed by atoms with van der Waals surface area (Å²) in [6, 6.07) is 0.596. The molecule has 10 heavy (non-hydrogen) atoms. The molecule has 1 heterocycles. The molecule has 1 saturated heterocycles. The molecule has 0 aromatic heterocycles. The van der Waals surface area contributed by atoms with E-state index in [1.54, 1.807) is 0 Å². The summed E-state index contributed by atoms with van der Waals surface area (Å²) < 4.78 is 8.64. The minimum absolute atomic E-state index is 0.596. The SMILES string of the molecule is CCOCC1CCCSN1. The van der Waals surface area contributed by atoms with Crippen LogP contribution < -0.4 is 4.72 Å². The van der Waals surface area contributed by atoms with Crippen LogP contribution in [-0.4, -0.2) is 25.0 Å². The van der Waals surface area contributed by atoms with Gasteiger partial charge >= 0.3 is 0 Å². The summed E-state index contributed by atoms with van der Waals surface area (Å²) in [6.45, 7) is 3.75. The molecule has 0 saturated carbocycles. The second-order valence-electron chi connectivity index (χ2n) is 2.46. The summed E-state index contributed by atoms with van der Waals surface area (Å²) >= 11 is 1.82. The number of hydrogen-bond acceptors (Lipinski definition) is 3. The summed E-state index contributed by atoms with van der Waals surface area (Å²) in [7, 11) is 0. The van der Waals surface area contributed by atoms with Crippen molar-refractivity contribution in [3.63, 3.8) is 0 Å². The van der Waals surface area contributed by atoms with Gasteiger partial charge < -0.3 is 4.74 Å². The Labute approximate surface area is 66.8 Å². The molecule has 2 nitrogen and oxygen atoms in total. The number of rotatable bonds is 3. The molecule has 0 amide bonds. The zero-order valence-electron chi connectivity index (χ0n) is 6.43. The fraction of sp³-hybridized carbons (Fsp3) is 1.00. The molecule has 1 unspecified atom stereocenters. The predicted octanol–water partition coefficient (Wildman–Crippen LogP) is 1.42. The quantitative estimate of drug-likeness (QED) is 0.633. The molecule has 1 fully saturated rings. The highest BCUT2D eigenvalue weighted by Gasteiger charge is 2.11. The largest absolute Gasteiger partial charge is 0.380 e. The monoisotopic (exact) mass is 161 g/mol. The first kappa shape index (κ1) is 8.37. The van der Waals surface area contributed by atoms with Gasteiger partial charge in [-0.3, -0.25) is 4.72 Å². The van der Waals surface area contributed by atoms with E-state index in [9.17, 15) is 0 Å². The highest BCUT2D eigenvalue weighted by molar-refractivity contribution is 7.97. The topological polar surface area (TPSA) is 21.3 Å². The molecule has 0 spiro atoms. The smallest absolute Gasteiger partial charge is 0.0628 e. The van der Waals surface area contributed by atoms with Gasteiger partial charge in [0.2, 0.25) is 0 Å². The molecule has 1 atom stereocenters. The van der Waals surface area contributed by atoms with Crippen LogP contribution in [0, 0.1) is 0 Å². The van der Waals surface area contributed by atoms with Crippen LogP contribution in [0.15, 0.2) is 0 Å². The van der Waals surface area contributed by atoms with Crippen molar-refractivity contribution in [2.45, 2.75) is 25.8 Å². The molecule has 1 aliphatic heterocycles. The Hall–Kier alpha value is 0.270. The molecule has 60 valence electrons. The highest BCUT2D eigenvalue weighted by atomic mass is 32.2. The van der Waals surface area contributed by atoms with Gasteiger partial charge in [0, 0.05) is 18.4 Å². The van der Waals surface area contributed by atoms with E-state index in [4.69, 9.17) is 4.74 Å². The minimum atomic E-state index is 0.596. The van der Waals surface area contributed by atoms with E-state index in [1.165, 1.54) is 18.6 Å². The Bertz CT molecular complexity index is 83.7. The van der Waals surface area contributed by atoms with Gasteiger partial charge in [0.05, 0.1) is 6.61 Å². The summed E-state index contributed by atoms with van der Waals surface area (Å²) in [5, 5.41) is 0. The van der Waals surface area contributed by atoms with Gasteiger partial charge in [-0.25, -0.2) is 0 Å². The summed E-state index contributed by atoms with van der Waals surface area (Å²) in [4.78, 5) is 0. The van der Waals surface area contributed by atoms with E-state index in [0.717, 1.165) is 13.2 Å². The van der Waals surface area contributed by atoms with Crippen LogP contribution >= 0.6 is 11.9 Å². The summed E-state index contributed by atoms with van der Waals surface area (Å²) in [5.74, 6) is 1.25. The zero-order chi connectivity index (χ0) is 7.23. The van der Waals surface area contributed by atoms with Gasteiger partial charge in [0.25, 0.3) is 0 Å². The first-order chi connectivity index (χ1) is 4.93. The number of hydrogen-bond donors (Lipinski definition) is 1. The third-order valence-electron chi connectivity index (χ3n) is 1.57.